The van der Waals surface area contributed by atoms with Crippen LogP contribution in [0.25, 0.3) is 10.9 Å². The predicted octanol–water partition coefficient (Wildman–Crippen LogP) is 4.15. The van der Waals surface area contributed by atoms with Gasteiger partial charge in [-0.3, -0.25) is 14.2 Å². The van der Waals surface area contributed by atoms with Crippen LogP contribution in [0.1, 0.15) is 12.0 Å². The van der Waals surface area contributed by atoms with Gasteiger partial charge in [0.1, 0.15) is 0 Å². The second-order valence-electron chi connectivity index (χ2n) is 5.66. The van der Waals surface area contributed by atoms with Gasteiger partial charge in [0, 0.05) is 28.1 Å². The molecule has 0 aliphatic rings. The molecule has 0 saturated carbocycles. The molecule has 0 atom stereocenters. The number of rotatable bonds is 4. The van der Waals surface area contributed by atoms with Crippen LogP contribution in [0.4, 0.5) is 5.69 Å². The summed E-state index contributed by atoms with van der Waals surface area (Å²) in [6.45, 7) is 2.13. The van der Waals surface area contributed by atoms with E-state index in [0.29, 0.717) is 21.6 Å². The Kier molecular flexibility index (Phi) is 5.20. The first-order chi connectivity index (χ1) is 11.9. The monoisotopic (exact) mass is 419 g/mol. The quantitative estimate of drug-likeness (QED) is 0.689. The van der Waals surface area contributed by atoms with Crippen molar-refractivity contribution in [2.24, 2.45) is 0 Å². The maximum absolute atomic E-state index is 12.5. The summed E-state index contributed by atoms with van der Waals surface area (Å²) in [5.41, 5.74) is 2.06. The molecule has 0 fully saturated rings. The van der Waals surface area contributed by atoms with Crippen LogP contribution in [0.5, 0.6) is 0 Å². The number of nitrogens with zero attached hydrogens (tertiary/aromatic N) is 2. The molecule has 1 aromatic heterocycles. The zero-order valence-corrected chi connectivity index (χ0v) is 15.8. The van der Waals surface area contributed by atoms with Crippen LogP contribution in [-0.2, 0) is 11.3 Å². The molecule has 3 rings (SSSR count). The summed E-state index contributed by atoms with van der Waals surface area (Å²) in [5.74, 6) is -0.174. The Bertz CT molecular complexity index is 1020. The molecule has 7 heteroatoms. The standard InChI is InChI=1S/C18H15BrClN3O2/c1-11-8-13(20)3-5-15(11)22-17(24)6-7-23-10-21-16-4-2-12(19)9-14(16)18(23)25/h2-5,8-10H,6-7H2,1H3,(H,22,24). The molecule has 5 nitrogen and oxygen atoms in total. The smallest absolute Gasteiger partial charge is 0.261 e. The van der Waals surface area contributed by atoms with Crippen molar-refractivity contribution in [3.63, 3.8) is 0 Å². The molecule has 1 amide bonds. The average Bonchev–Trinajstić information content (AvgIpc) is 2.57. The topological polar surface area (TPSA) is 64.0 Å². The summed E-state index contributed by atoms with van der Waals surface area (Å²) in [6, 6.07) is 10.6. The molecular formula is C18H15BrClN3O2. The van der Waals surface area contributed by atoms with Gasteiger partial charge in [0.2, 0.25) is 5.91 Å². The third-order valence-corrected chi connectivity index (χ3v) is 4.56. The highest BCUT2D eigenvalue weighted by molar-refractivity contribution is 9.10. The van der Waals surface area contributed by atoms with Gasteiger partial charge in [0.25, 0.3) is 5.56 Å². The van der Waals surface area contributed by atoms with Crippen LogP contribution in [0, 0.1) is 6.92 Å². The number of benzene rings is 2. The SMILES string of the molecule is Cc1cc(Cl)ccc1NC(=O)CCn1cnc2ccc(Br)cc2c1=O. The average molecular weight is 421 g/mol. The minimum atomic E-state index is -0.174. The van der Waals surface area contributed by atoms with Gasteiger partial charge in [-0.1, -0.05) is 27.5 Å². The molecule has 25 heavy (non-hydrogen) atoms. The molecule has 0 aliphatic carbocycles. The van der Waals surface area contributed by atoms with Crippen molar-refractivity contribution in [2.75, 3.05) is 5.32 Å². The highest BCUT2D eigenvalue weighted by Gasteiger charge is 2.09. The molecule has 0 saturated heterocycles. The molecule has 128 valence electrons. The molecule has 0 radical (unpaired) electrons. The Balaban J connectivity index is 1.73. The third kappa shape index (κ3) is 4.08. The molecular weight excluding hydrogens is 406 g/mol. The van der Waals surface area contributed by atoms with Crippen LogP contribution in [0.2, 0.25) is 5.02 Å². The van der Waals surface area contributed by atoms with Crippen molar-refractivity contribution in [3.05, 3.63) is 68.1 Å². The van der Waals surface area contributed by atoms with E-state index in [0.717, 1.165) is 10.0 Å². The zero-order valence-electron chi connectivity index (χ0n) is 13.4. The lowest BCUT2D eigenvalue weighted by Gasteiger charge is -2.10. The number of fused-ring (bicyclic) bond motifs is 1. The van der Waals surface area contributed by atoms with Crippen LogP contribution in [0.15, 0.2) is 52.0 Å². The van der Waals surface area contributed by atoms with Crippen molar-refractivity contribution < 1.29 is 4.79 Å². The Morgan fingerprint density at radius 3 is 2.84 bits per heavy atom. The number of hydrogen-bond acceptors (Lipinski definition) is 3. The Morgan fingerprint density at radius 2 is 2.08 bits per heavy atom. The Hall–Kier alpha value is -2.18. The summed E-state index contributed by atoms with van der Waals surface area (Å²) >= 11 is 9.26. The second kappa shape index (κ2) is 7.37. The highest BCUT2D eigenvalue weighted by Crippen LogP contribution is 2.19. The Labute approximate surface area is 157 Å². The van der Waals surface area contributed by atoms with Gasteiger partial charge in [-0.2, -0.15) is 0 Å². The lowest BCUT2D eigenvalue weighted by Crippen LogP contribution is -2.23. The number of halogens is 2. The zero-order chi connectivity index (χ0) is 18.0. The van der Waals surface area contributed by atoms with Gasteiger partial charge < -0.3 is 5.32 Å². The van der Waals surface area contributed by atoms with E-state index in [2.05, 4.69) is 26.2 Å². The van der Waals surface area contributed by atoms with Crippen LogP contribution < -0.4 is 10.9 Å². The summed E-state index contributed by atoms with van der Waals surface area (Å²) in [5, 5.41) is 3.97. The first-order valence-corrected chi connectivity index (χ1v) is 8.82. The maximum atomic E-state index is 12.5. The fraction of sp³-hybridized carbons (Fsp3) is 0.167. The van der Waals surface area contributed by atoms with Gasteiger partial charge in [0.05, 0.1) is 17.2 Å². The molecule has 0 bridgehead atoms. The van der Waals surface area contributed by atoms with E-state index in [1.807, 2.05) is 13.0 Å². The summed E-state index contributed by atoms with van der Waals surface area (Å²) in [6.07, 6.45) is 1.64. The number of aryl methyl sites for hydroxylation is 2. The maximum Gasteiger partial charge on any atom is 0.261 e. The first-order valence-electron chi connectivity index (χ1n) is 7.65. The van der Waals surface area contributed by atoms with Gasteiger partial charge in [-0.25, -0.2) is 4.98 Å². The predicted molar refractivity (Wildman–Crippen MR) is 103 cm³/mol. The van der Waals surface area contributed by atoms with E-state index in [4.69, 9.17) is 11.6 Å². The Morgan fingerprint density at radius 1 is 1.28 bits per heavy atom. The first kappa shape index (κ1) is 17.6. The van der Waals surface area contributed by atoms with Crippen LogP contribution >= 0.6 is 27.5 Å². The third-order valence-electron chi connectivity index (χ3n) is 3.83. The normalized spacial score (nSPS) is 10.8. The molecule has 2 aromatic carbocycles. The molecule has 0 spiro atoms. The number of aromatic nitrogens is 2. The molecule has 0 unspecified atom stereocenters. The van der Waals surface area contributed by atoms with E-state index in [-0.39, 0.29) is 24.4 Å². The summed E-state index contributed by atoms with van der Waals surface area (Å²) < 4.78 is 2.26. The van der Waals surface area contributed by atoms with Crippen LogP contribution in [-0.4, -0.2) is 15.5 Å². The van der Waals surface area contributed by atoms with E-state index in [1.165, 1.54) is 10.9 Å². The molecule has 1 N–H and O–H groups in total. The molecule has 0 aliphatic heterocycles. The second-order valence-corrected chi connectivity index (χ2v) is 7.01. The summed E-state index contributed by atoms with van der Waals surface area (Å²) in [7, 11) is 0. The van der Waals surface area contributed by atoms with E-state index < -0.39 is 0 Å². The van der Waals surface area contributed by atoms with Gasteiger partial charge >= 0.3 is 0 Å². The molecule has 3 aromatic rings. The van der Waals surface area contributed by atoms with E-state index in [9.17, 15) is 9.59 Å². The van der Waals surface area contributed by atoms with Gasteiger partial charge in [-0.15, -0.1) is 0 Å². The molecule has 1 heterocycles. The van der Waals surface area contributed by atoms with Crippen molar-refractivity contribution >= 4 is 50.0 Å². The lowest BCUT2D eigenvalue weighted by molar-refractivity contribution is -0.116. The van der Waals surface area contributed by atoms with E-state index in [1.54, 1.807) is 30.3 Å². The fourth-order valence-corrected chi connectivity index (χ4v) is 3.08. The largest absolute Gasteiger partial charge is 0.326 e. The number of anilines is 1. The summed E-state index contributed by atoms with van der Waals surface area (Å²) in [4.78, 5) is 28.9. The number of carbonyl (C=O) groups excluding carboxylic acids is 1. The van der Waals surface area contributed by atoms with Crippen molar-refractivity contribution in [1.82, 2.24) is 9.55 Å². The number of nitrogens with one attached hydrogen (secondary N) is 1. The fourth-order valence-electron chi connectivity index (χ4n) is 2.49. The number of amides is 1. The van der Waals surface area contributed by atoms with Crippen molar-refractivity contribution in [1.29, 1.82) is 0 Å². The highest BCUT2D eigenvalue weighted by atomic mass is 79.9. The van der Waals surface area contributed by atoms with Gasteiger partial charge in [-0.05, 0) is 48.9 Å². The van der Waals surface area contributed by atoms with E-state index >= 15 is 0 Å². The lowest BCUT2D eigenvalue weighted by atomic mass is 10.2. The number of hydrogen-bond donors (Lipinski definition) is 1. The number of carbonyl (C=O) groups is 1. The minimum Gasteiger partial charge on any atom is -0.326 e. The van der Waals surface area contributed by atoms with Crippen molar-refractivity contribution in [2.45, 2.75) is 19.9 Å². The van der Waals surface area contributed by atoms with Gasteiger partial charge in [0.15, 0.2) is 0 Å². The minimum absolute atomic E-state index is 0.165. The van der Waals surface area contributed by atoms with Crippen molar-refractivity contribution in [3.8, 4) is 0 Å². The van der Waals surface area contributed by atoms with Crippen LogP contribution in [0.3, 0.4) is 0 Å².